The summed E-state index contributed by atoms with van der Waals surface area (Å²) in [7, 11) is 1.78. The molecular weight excluding hydrogens is 442 g/mol. The average Bonchev–Trinajstić information content (AvgIpc) is 3.38. The Bertz CT molecular complexity index is 961. The summed E-state index contributed by atoms with van der Waals surface area (Å²) >= 11 is 1.75. The highest BCUT2D eigenvalue weighted by molar-refractivity contribution is 7.99. The number of benzene rings is 2. The molecule has 1 heterocycles. The number of hydrogen-bond acceptors (Lipinski definition) is 4. The van der Waals surface area contributed by atoms with Crippen molar-refractivity contribution >= 4 is 23.6 Å². The van der Waals surface area contributed by atoms with E-state index in [1.807, 2.05) is 17.9 Å². The summed E-state index contributed by atoms with van der Waals surface area (Å²) in [5.41, 5.74) is 1.18. The summed E-state index contributed by atoms with van der Waals surface area (Å²) in [5, 5.41) is 6.14. The molecule has 1 saturated heterocycles. The van der Waals surface area contributed by atoms with Gasteiger partial charge in [-0.1, -0.05) is 61.4 Å². The van der Waals surface area contributed by atoms with Gasteiger partial charge in [0.05, 0.1) is 12.1 Å². The Kier molecular flexibility index (Phi) is 8.68. The van der Waals surface area contributed by atoms with E-state index in [1.165, 1.54) is 21.8 Å². The van der Waals surface area contributed by atoms with Crippen molar-refractivity contribution in [3.63, 3.8) is 0 Å². The van der Waals surface area contributed by atoms with Crippen LogP contribution in [0.15, 0.2) is 64.4 Å². The lowest BCUT2D eigenvalue weighted by Gasteiger charge is -2.35. The molecule has 5 nitrogen and oxygen atoms in total. The van der Waals surface area contributed by atoms with Crippen LogP contribution in [0.3, 0.4) is 0 Å². The second-order valence-electron chi connectivity index (χ2n) is 9.57. The van der Waals surface area contributed by atoms with Crippen LogP contribution in [-0.4, -0.2) is 42.4 Å². The van der Waals surface area contributed by atoms with E-state index in [2.05, 4.69) is 59.2 Å². The van der Waals surface area contributed by atoms with Crippen molar-refractivity contribution in [1.29, 1.82) is 0 Å². The molecule has 4 rings (SSSR count). The van der Waals surface area contributed by atoms with E-state index in [-0.39, 0.29) is 29.8 Å². The number of carbonyl (C=O) groups excluding carboxylic acids is 2. The third kappa shape index (κ3) is 6.02. The lowest BCUT2D eigenvalue weighted by Crippen LogP contribution is -2.55. The molecule has 182 valence electrons. The first-order valence-corrected chi connectivity index (χ1v) is 13.5. The highest BCUT2D eigenvalue weighted by Gasteiger charge is 2.39. The van der Waals surface area contributed by atoms with Gasteiger partial charge in [0.1, 0.15) is 6.04 Å². The quantitative estimate of drug-likeness (QED) is 0.548. The number of hydrogen-bond donors (Lipinski definition) is 2. The van der Waals surface area contributed by atoms with E-state index in [9.17, 15) is 9.59 Å². The molecule has 2 fully saturated rings. The number of rotatable bonds is 8. The van der Waals surface area contributed by atoms with Gasteiger partial charge in [0.2, 0.25) is 11.8 Å². The van der Waals surface area contributed by atoms with Gasteiger partial charge in [-0.25, -0.2) is 0 Å². The molecule has 2 amide bonds. The minimum Gasteiger partial charge on any atom is -0.343 e. The molecule has 1 aliphatic heterocycles. The maximum atomic E-state index is 13.9. The van der Waals surface area contributed by atoms with E-state index in [4.69, 9.17) is 0 Å². The second-order valence-corrected chi connectivity index (χ2v) is 10.7. The fourth-order valence-electron chi connectivity index (χ4n) is 5.22. The molecule has 3 atom stereocenters. The number of nitrogens with one attached hydrogen (secondary N) is 2. The Balaban J connectivity index is 1.53. The molecule has 2 aliphatic rings. The van der Waals surface area contributed by atoms with Gasteiger partial charge in [-0.05, 0) is 75.4 Å². The predicted octanol–water partition coefficient (Wildman–Crippen LogP) is 5.17. The smallest absolute Gasteiger partial charge is 0.245 e. The van der Waals surface area contributed by atoms with Gasteiger partial charge in [0.25, 0.3) is 0 Å². The van der Waals surface area contributed by atoms with E-state index in [0.717, 1.165) is 45.1 Å². The molecule has 0 spiro atoms. The molecule has 2 aromatic carbocycles. The minimum atomic E-state index is -0.439. The zero-order valence-electron chi connectivity index (χ0n) is 20.3. The fraction of sp³-hybridized carbons (Fsp3) is 0.500. The molecular formula is C28H37N3O2S. The van der Waals surface area contributed by atoms with Crippen LogP contribution in [-0.2, 0) is 9.59 Å². The number of likely N-dealkylation sites (N-methyl/N-ethyl adjacent to an activating group) is 1. The van der Waals surface area contributed by atoms with Gasteiger partial charge < -0.3 is 15.5 Å². The second kappa shape index (κ2) is 11.9. The van der Waals surface area contributed by atoms with Crippen molar-refractivity contribution in [2.24, 2.45) is 5.92 Å². The molecule has 0 aromatic heterocycles. The normalized spacial score (nSPS) is 20.6. The first-order valence-electron chi connectivity index (χ1n) is 12.7. The van der Waals surface area contributed by atoms with Crippen LogP contribution in [0.4, 0.5) is 0 Å². The van der Waals surface area contributed by atoms with Crippen LogP contribution >= 0.6 is 11.8 Å². The minimum absolute atomic E-state index is 0.0635. The van der Waals surface area contributed by atoms with Crippen molar-refractivity contribution in [3.8, 4) is 0 Å². The van der Waals surface area contributed by atoms with E-state index >= 15 is 0 Å². The van der Waals surface area contributed by atoms with E-state index in [1.54, 1.807) is 18.8 Å². The molecule has 2 aromatic rings. The van der Waals surface area contributed by atoms with Crippen LogP contribution < -0.4 is 10.6 Å². The lowest BCUT2D eigenvalue weighted by atomic mass is 9.83. The third-order valence-corrected chi connectivity index (χ3v) is 8.27. The Morgan fingerprint density at radius 3 is 2.41 bits per heavy atom. The van der Waals surface area contributed by atoms with Gasteiger partial charge in [0.15, 0.2) is 0 Å². The molecule has 2 N–H and O–H groups in total. The average molecular weight is 480 g/mol. The number of carbonyl (C=O) groups is 2. The molecule has 1 unspecified atom stereocenters. The van der Waals surface area contributed by atoms with Crippen molar-refractivity contribution in [1.82, 2.24) is 15.5 Å². The largest absolute Gasteiger partial charge is 0.343 e. The van der Waals surface area contributed by atoms with E-state index in [0.29, 0.717) is 0 Å². The molecule has 34 heavy (non-hydrogen) atoms. The summed E-state index contributed by atoms with van der Waals surface area (Å²) < 4.78 is 0. The monoisotopic (exact) mass is 479 g/mol. The van der Waals surface area contributed by atoms with Crippen molar-refractivity contribution in [3.05, 3.63) is 60.2 Å². The Hall–Kier alpha value is -2.31. The van der Waals surface area contributed by atoms with Gasteiger partial charge in [-0.2, -0.15) is 0 Å². The van der Waals surface area contributed by atoms with Crippen LogP contribution in [0.5, 0.6) is 0 Å². The fourth-order valence-corrected chi connectivity index (χ4v) is 6.13. The Labute approximate surface area is 208 Å². The topological polar surface area (TPSA) is 61.4 Å². The summed E-state index contributed by atoms with van der Waals surface area (Å²) in [6.45, 7) is 2.59. The zero-order valence-corrected chi connectivity index (χ0v) is 21.2. The molecule has 0 bridgehead atoms. The zero-order chi connectivity index (χ0) is 23.9. The predicted molar refractivity (Wildman–Crippen MR) is 138 cm³/mol. The molecule has 1 aliphatic carbocycles. The molecule has 1 saturated carbocycles. The summed E-state index contributed by atoms with van der Waals surface area (Å²) in [6, 6.07) is 18.3. The van der Waals surface area contributed by atoms with Gasteiger partial charge in [-0.3, -0.25) is 9.59 Å². The highest BCUT2D eigenvalue weighted by atomic mass is 32.2. The van der Waals surface area contributed by atoms with E-state index < -0.39 is 6.04 Å². The number of likely N-dealkylation sites (tertiary alicyclic amines) is 1. The van der Waals surface area contributed by atoms with Crippen molar-refractivity contribution in [2.75, 3.05) is 13.6 Å². The van der Waals surface area contributed by atoms with Crippen molar-refractivity contribution < 1.29 is 9.59 Å². The summed E-state index contributed by atoms with van der Waals surface area (Å²) in [4.78, 5) is 31.1. The third-order valence-electron chi connectivity index (χ3n) is 7.27. The summed E-state index contributed by atoms with van der Waals surface area (Å²) in [6.07, 6.45) is 7.45. The van der Waals surface area contributed by atoms with Crippen molar-refractivity contribution in [2.45, 2.75) is 79.8 Å². The van der Waals surface area contributed by atoms with Crippen LogP contribution in [0.25, 0.3) is 0 Å². The lowest BCUT2D eigenvalue weighted by molar-refractivity contribution is -0.139. The first-order chi connectivity index (χ1) is 16.6. The SMILES string of the molecule is CNC(C)C(=O)N[C@H](C(=O)N1CCC[C@@H]1c1cccc(Sc2ccccc2)c1)C1CCCCC1. The van der Waals surface area contributed by atoms with Gasteiger partial charge in [-0.15, -0.1) is 0 Å². The van der Waals surface area contributed by atoms with Gasteiger partial charge in [0, 0.05) is 16.3 Å². The van der Waals surface area contributed by atoms with Gasteiger partial charge >= 0.3 is 0 Å². The Morgan fingerprint density at radius 1 is 0.941 bits per heavy atom. The summed E-state index contributed by atoms with van der Waals surface area (Å²) in [5.74, 6) is 0.214. The standard InChI is InChI=1S/C28H37N3O2S/c1-20(29-2)27(32)30-26(21-11-5-3-6-12-21)28(33)31-18-10-17-25(31)22-13-9-16-24(19-22)34-23-14-7-4-8-15-23/h4,7-9,13-16,19-21,25-26,29H,3,5-6,10-12,17-18H2,1-2H3,(H,30,32)/t20?,25-,26+/m1/s1. The Morgan fingerprint density at radius 2 is 1.68 bits per heavy atom. The molecule has 6 heteroatoms. The van der Waals surface area contributed by atoms with Crippen LogP contribution in [0, 0.1) is 5.92 Å². The molecule has 0 radical (unpaired) electrons. The van der Waals surface area contributed by atoms with Crippen LogP contribution in [0.1, 0.15) is 63.5 Å². The van der Waals surface area contributed by atoms with Crippen LogP contribution in [0.2, 0.25) is 0 Å². The number of nitrogens with zero attached hydrogens (tertiary/aromatic N) is 1. The first kappa shape index (κ1) is 24.8. The highest BCUT2D eigenvalue weighted by Crippen LogP contribution is 2.37. The number of amides is 2. The maximum Gasteiger partial charge on any atom is 0.245 e. The maximum absolute atomic E-state index is 13.9.